The molecule has 4 rings (SSSR count). The summed E-state index contributed by atoms with van der Waals surface area (Å²) >= 11 is 5.99. The molecule has 2 amide bonds. The number of carbonyl (C=O) groups is 2. The van der Waals surface area contributed by atoms with Gasteiger partial charge in [-0.2, -0.15) is 0 Å². The van der Waals surface area contributed by atoms with Crippen molar-refractivity contribution in [3.05, 3.63) is 94.8 Å². The number of carbonyl (C=O) groups excluding carboxylic acids is 2. The lowest BCUT2D eigenvalue weighted by molar-refractivity contribution is -0.139. The third kappa shape index (κ3) is 7.01. The van der Waals surface area contributed by atoms with Gasteiger partial charge in [0.1, 0.15) is 18.4 Å². The minimum absolute atomic E-state index is 0.000963. The van der Waals surface area contributed by atoms with Gasteiger partial charge in [0.15, 0.2) is 0 Å². The molecule has 0 radical (unpaired) electrons. The van der Waals surface area contributed by atoms with Gasteiger partial charge in [0, 0.05) is 17.6 Å². The van der Waals surface area contributed by atoms with Gasteiger partial charge in [-0.3, -0.25) is 13.9 Å². The molecule has 212 valence electrons. The molecule has 0 aliphatic heterocycles. The van der Waals surface area contributed by atoms with E-state index < -0.39 is 34.3 Å². The maximum atomic E-state index is 14.0. The Labute approximate surface area is 240 Å². The highest BCUT2D eigenvalue weighted by atomic mass is 35.5. The maximum absolute atomic E-state index is 14.0. The van der Waals surface area contributed by atoms with Gasteiger partial charge < -0.3 is 10.2 Å². The quantitative estimate of drug-likeness (QED) is 0.342. The molecule has 0 bridgehead atoms. The number of sulfonamides is 1. The van der Waals surface area contributed by atoms with Gasteiger partial charge in [-0.15, -0.1) is 0 Å². The number of aryl methyl sites for hydroxylation is 1. The highest BCUT2D eigenvalue weighted by Crippen LogP contribution is 2.28. The second-order valence-corrected chi connectivity index (χ2v) is 12.4. The summed E-state index contributed by atoms with van der Waals surface area (Å²) in [5.41, 5.74) is 1.61. The second kappa shape index (κ2) is 12.8. The van der Waals surface area contributed by atoms with Gasteiger partial charge in [0.2, 0.25) is 11.8 Å². The zero-order valence-electron chi connectivity index (χ0n) is 22.5. The Bertz CT molecular complexity index is 1440. The molecular weight excluding hydrogens is 553 g/mol. The van der Waals surface area contributed by atoms with Crippen LogP contribution >= 0.6 is 11.6 Å². The van der Waals surface area contributed by atoms with Crippen molar-refractivity contribution in [2.75, 3.05) is 10.8 Å². The Morgan fingerprint density at radius 2 is 1.62 bits per heavy atom. The van der Waals surface area contributed by atoms with Crippen LogP contribution in [0.3, 0.4) is 0 Å². The zero-order valence-corrected chi connectivity index (χ0v) is 24.1. The van der Waals surface area contributed by atoms with Gasteiger partial charge in [0.25, 0.3) is 10.0 Å². The van der Waals surface area contributed by atoms with Crippen LogP contribution in [-0.4, -0.2) is 43.8 Å². The predicted molar refractivity (Wildman–Crippen MR) is 154 cm³/mol. The van der Waals surface area contributed by atoms with Crippen LogP contribution in [-0.2, 0) is 26.2 Å². The zero-order chi connectivity index (χ0) is 28.9. The van der Waals surface area contributed by atoms with Crippen molar-refractivity contribution in [2.24, 2.45) is 0 Å². The smallest absolute Gasteiger partial charge is 0.264 e. The Morgan fingerprint density at radius 3 is 2.25 bits per heavy atom. The summed E-state index contributed by atoms with van der Waals surface area (Å²) in [6, 6.07) is 17.4. The van der Waals surface area contributed by atoms with Crippen molar-refractivity contribution >= 4 is 39.1 Å². The first kappa shape index (κ1) is 29.6. The lowest BCUT2D eigenvalue weighted by atomic mass is 10.1. The molecule has 1 N–H and O–H groups in total. The van der Waals surface area contributed by atoms with Crippen molar-refractivity contribution in [2.45, 2.75) is 63.1 Å². The van der Waals surface area contributed by atoms with Crippen molar-refractivity contribution in [1.82, 2.24) is 10.2 Å². The van der Waals surface area contributed by atoms with Crippen LogP contribution in [0.5, 0.6) is 0 Å². The fourth-order valence-corrected chi connectivity index (χ4v) is 6.46. The molecule has 40 heavy (non-hydrogen) atoms. The Morgan fingerprint density at radius 1 is 1.00 bits per heavy atom. The number of amides is 2. The van der Waals surface area contributed by atoms with Crippen molar-refractivity contribution in [3.63, 3.8) is 0 Å². The van der Waals surface area contributed by atoms with Gasteiger partial charge in [-0.1, -0.05) is 54.8 Å². The van der Waals surface area contributed by atoms with E-state index in [1.54, 1.807) is 50.2 Å². The van der Waals surface area contributed by atoms with E-state index in [2.05, 4.69) is 5.32 Å². The first-order chi connectivity index (χ1) is 19.1. The highest BCUT2D eigenvalue weighted by Gasteiger charge is 2.33. The molecule has 10 heteroatoms. The second-order valence-electron chi connectivity index (χ2n) is 10.1. The molecule has 0 spiro atoms. The average molecular weight is 586 g/mol. The monoisotopic (exact) mass is 585 g/mol. The summed E-state index contributed by atoms with van der Waals surface area (Å²) in [7, 11) is -4.19. The predicted octanol–water partition coefficient (Wildman–Crippen LogP) is 5.46. The summed E-state index contributed by atoms with van der Waals surface area (Å²) in [6.45, 7) is 2.84. The third-order valence-electron chi connectivity index (χ3n) is 7.20. The summed E-state index contributed by atoms with van der Waals surface area (Å²) in [5.74, 6) is -1.31. The van der Waals surface area contributed by atoms with Crippen molar-refractivity contribution < 1.29 is 22.4 Å². The summed E-state index contributed by atoms with van der Waals surface area (Å²) in [5, 5.41) is 3.41. The van der Waals surface area contributed by atoms with E-state index in [-0.39, 0.29) is 23.4 Å². The number of nitrogens with zero attached hydrogens (tertiary/aromatic N) is 2. The number of benzene rings is 3. The van der Waals surface area contributed by atoms with E-state index in [4.69, 9.17) is 11.6 Å². The van der Waals surface area contributed by atoms with E-state index in [0.717, 1.165) is 30.0 Å². The van der Waals surface area contributed by atoms with Crippen LogP contribution in [0.1, 0.15) is 43.7 Å². The molecule has 0 saturated heterocycles. The van der Waals surface area contributed by atoms with Crippen LogP contribution < -0.4 is 9.62 Å². The van der Waals surface area contributed by atoms with E-state index in [0.29, 0.717) is 21.8 Å². The number of anilines is 1. The van der Waals surface area contributed by atoms with Crippen LogP contribution in [0.25, 0.3) is 0 Å². The van der Waals surface area contributed by atoms with Crippen LogP contribution in [0.2, 0.25) is 5.02 Å². The molecule has 1 unspecified atom stereocenters. The summed E-state index contributed by atoms with van der Waals surface area (Å²) < 4.78 is 42.4. The summed E-state index contributed by atoms with van der Waals surface area (Å²) in [4.78, 5) is 28.5. The third-order valence-corrected chi connectivity index (χ3v) is 9.23. The van der Waals surface area contributed by atoms with Crippen molar-refractivity contribution in [3.8, 4) is 0 Å². The van der Waals surface area contributed by atoms with Crippen LogP contribution in [0.4, 0.5) is 10.1 Å². The molecule has 0 heterocycles. The standard InChI is InChI=1S/C30H33ClFN3O4S/c1-21-7-3-6-10-28(21)35(40(38,39)27-17-13-24(31)14-18-27)20-29(36)34(19-23-11-15-25(32)16-12-23)22(2)30(37)33-26-8-4-5-9-26/h3,6-7,10-18,22,26H,4-5,8-9,19-20H2,1-2H3,(H,33,37). The highest BCUT2D eigenvalue weighted by molar-refractivity contribution is 7.92. The Kier molecular flexibility index (Phi) is 9.48. The number of para-hydroxylation sites is 1. The largest absolute Gasteiger partial charge is 0.352 e. The Balaban J connectivity index is 1.69. The number of nitrogens with one attached hydrogen (secondary N) is 1. The van der Waals surface area contributed by atoms with E-state index in [1.165, 1.54) is 41.3 Å². The van der Waals surface area contributed by atoms with Gasteiger partial charge >= 0.3 is 0 Å². The number of halogens is 2. The lowest BCUT2D eigenvalue weighted by Crippen LogP contribution is -2.52. The average Bonchev–Trinajstić information content (AvgIpc) is 3.44. The Hall–Kier alpha value is -3.43. The van der Waals surface area contributed by atoms with E-state index in [9.17, 15) is 22.4 Å². The molecule has 1 aliphatic carbocycles. The first-order valence-corrected chi connectivity index (χ1v) is 15.1. The fourth-order valence-electron chi connectivity index (χ4n) is 4.85. The molecule has 3 aromatic rings. The van der Waals surface area contributed by atoms with Crippen LogP contribution in [0, 0.1) is 12.7 Å². The van der Waals surface area contributed by atoms with Gasteiger partial charge in [-0.05, 0) is 80.3 Å². The molecule has 3 aromatic carbocycles. The topological polar surface area (TPSA) is 86.8 Å². The van der Waals surface area contributed by atoms with Crippen LogP contribution in [0.15, 0.2) is 77.7 Å². The molecular formula is C30H33ClFN3O4S. The normalized spacial score (nSPS) is 14.5. The van der Waals surface area contributed by atoms with E-state index >= 15 is 0 Å². The first-order valence-electron chi connectivity index (χ1n) is 13.2. The van der Waals surface area contributed by atoms with Gasteiger partial charge in [-0.25, -0.2) is 12.8 Å². The molecule has 7 nitrogen and oxygen atoms in total. The summed E-state index contributed by atoms with van der Waals surface area (Å²) in [6.07, 6.45) is 3.83. The van der Waals surface area contributed by atoms with E-state index in [1.807, 2.05) is 0 Å². The minimum atomic E-state index is -4.19. The maximum Gasteiger partial charge on any atom is 0.264 e. The molecule has 1 atom stereocenters. The molecule has 1 saturated carbocycles. The number of rotatable bonds is 10. The molecule has 1 aliphatic rings. The SMILES string of the molecule is Cc1ccccc1N(CC(=O)N(Cc1ccc(F)cc1)C(C)C(=O)NC1CCCC1)S(=O)(=O)c1ccc(Cl)cc1. The lowest BCUT2D eigenvalue weighted by Gasteiger charge is -2.33. The number of hydrogen-bond donors (Lipinski definition) is 1. The van der Waals surface area contributed by atoms with Gasteiger partial charge in [0.05, 0.1) is 10.6 Å². The minimum Gasteiger partial charge on any atom is -0.352 e. The van der Waals surface area contributed by atoms with Crippen molar-refractivity contribution in [1.29, 1.82) is 0 Å². The molecule has 1 fully saturated rings. The number of hydrogen-bond acceptors (Lipinski definition) is 4. The fraction of sp³-hybridized carbons (Fsp3) is 0.333. The molecule has 0 aromatic heterocycles.